The van der Waals surface area contributed by atoms with Gasteiger partial charge in [-0.2, -0.15) is 5.10 Å². The number of hydrogen-bond acceptors (Lipinski definition) is 5. The molecule has 0 aliphatic heterocycles. The summed E-state index contributed by atoms with van der Waals surface area (Å²) in [5, 5.41) is 11.4. The number of carbonyl (C=O) groups excluding carboxylic acids is 1. The zero-order valence-electron chi connectivity index (χ0n) is 12.7. The van der Waals surface area contributed by atoms with Gasteiger partial charge in [0.25, 0.3) is 0 Å². The highest BCUT2D eigenvalue weighted by molar-refractivity contribution is 7.80. The van der Waals surface area contributed by atoms with Gasteiger partial charge in [-0.15, -0.1) is 11.3 Å². The normalized spacial score (nSPS) is 10.3. The van der Waals surface area contributed by atoms with Crippen LogP contribution in [0, 0.1) is 0 Å². The second kappa shape index (κ2) is 7.37. The third-order valence-corrected chi connectivity index (χ3v) is 4.42. The van der Waals surface area contributed by atoms with Crippen molar-refractivity contribution in [1.29, 1.82) is 0 Å². The number of aromatic nitrogens is 2. The molecule has 118 valence electrons. The van der Waals surface area contributed by atoms with Crippen molar-refractivity contribution in [1.82, 2.24) is 15.1 Å². The van der Waals surface area contributed by atoms with Crippen LogP contribution in [0.5, 0.6) is 0 Å². The van der Waals surface area contributed by atoms with Crippen LogP contribution in [0.1, 0.15) is 27.7 Å². The molecule has 6 nitrogen and oxygen atoms in total. The van der Waals surface area contributed by atoms with Crippen LogP contribution in [0.25, 0.3) is 0 Å². The van der Waals surface area contributed by atoms with Gasteiger partial charge in [0.1, 0.15) is 5.00 Å². The number of methoxy groups -OCH3 is 1. The maximum Gasteiger partial charge on any atom is 0.340 e. The Bertz CT molecular complexity index is 678. The highest BCUT2D eigenvalue weighted by atomic mass is 32.1. The fourth-order valence-electron chi connectivity index (χ4n) is 1.86. The van der Waals surface area contributed by atoms with Gasteiger partial charge in [0, 0.05) is 30.2 Å². The van der Waals surface area contributed by atoms with E-state index in [2.05, 4.69) is 15.7 Å². The summed E-state index contributed by atoms with van der Waals surface area (Å²) in [6.45, 7) is 2.61. The maximum atomic E-state index is 11.8. The fraction of sp³-hybridized carbons (Fsp3) is 0.357. The quantitative estimate of drug-likeness (QED) is 0.644. The van der Waals surface area contributed by atoms with Crippen molar-refractivity contribution in [2.24, 2.45) is 7.05 Å². The van der Waals surface area contributed by atoms with Crippen LogP contribution >= 0.6 is 23.6 Å². The molecule has 0 atom stereocenters. The smallest absolute Gasteiger partial charge is 0.340 e. The van der Waals surface area contributed by atoms with Gasteiger partial charge >= 0.3 is 5.97 Å². The standard InChI is InChI=1S/C14H18N4O2S2/c1-4-10-5-11(13(19)20-3)12(22-10)17-14(21)15-6-9-7-16-18(2)8-9/h5,7-8H,4,6H2,1-3H3,(H2,15,17,21). The first-order valence-electron chi connectivity index (χ1n) is 6.76. The topological polar surface area (TPSA) is 68.2 Å². The van der Waals surface area contributed by atoms with Gasteiger partial charge < -0.3 is 15.4 Å². The van der Waals surface area contributed by atoms with Crippen molar-refractivity contribution >= 4 is 39.6 Å². The molecule has 0 aliphatic carbocycles. The Morgan fingerprint density at radius 3 is 2.91 bits per heavy atom. The lowest BCUT2D eigenvalue weighted by Crippen LogP contribution is -2.28. The monoisotopic (exact) mass is 338 g/mol. The van der Waals surface area contributed by atoms with E-state index in [4.69, 9.17) is 17.0 Å². The predicted octanol–water partition coefficient (Wildman–Crippen LogP) is 2.32. The third-order valence-electron chi connectivity index (χ3n) is 2.98. The van der Waals surface area contributed by atoms with Crippen molar-refractivity contribution in [2.45, 2.75) is 19.9 Å². The van der Waals surface area contributed by atoms with Crippen LogP contribution in [-0.4, -0.2) is 28.0 Å². The van der Waals surface area contributed by atoms with E-state index in [1.807, 2.05) is 26.2 Å². The molecule has 0 unspecified atom stereocenters. The van der Waals surface area contributed by atoms with Crippen LogP contribution < -0.4 is 10.6 Å². The summed E-state index contributed by atoms with van der Waals surface area (Å²) >= 11 is 6.78. The van der Waals surface area contributed by atoms with Gasteiger partial charge in [-0.05, 0) is 24.7 Å². The lowest BCUT2D eigenvalue weighted by atomic mass is 10.2. The van der Waals surface area contributed by atoms with Crippen molar-refractivity contribution < 1.29 is 9.53 Å². The minimum Gasteiger partial charge on any atom is -0.465 e. The second-order valence-corrected chi connectivity index (χ2v) is 6.18. The van der Waals surface area contributed by atoms with E-state index in [0.29, 0.717) is 22.2 Å². The van der Waals surface area contributed by atoms with E-state index in [-0.39, 0.29) is 5.97 Å². The van der Waals surface area contributed by atoms with Crippen LogP contribution in [0.4, 0.5) is 5.00 Å². The minimum atomic E-state index is -0.367. The predicted molar refractivity (Wildman–Crippen MR) is 91.3 cm³/mol. The number of ether oxygens (including phenoxy) is 1. The number of thiocarbonyl (C=S) groups is 1. The number of nitrogens with zero attached hydrogens (tertiary/aromatic N) is 2. The largest absolute Gasteiger partial charge is 0.465 e. The Morgan fingerprint density at radius 2 is 2.32 bits per heavy atom. The Labute approximate surface area is 138 Å². The average Bonchev–Trinajstić information content (AvgIpc) is 3.10. The molecule has 0 aromatic carbocycles. The molecule has 0 saturated carbocycles. The molecular formula is C14H18N4O2S2. The van der Waals surface area contributed by atoms with Gasteiger partial charge in [0.15, 0.2) is 5.11 Å². The fourth-order valence-corrected chi connectivity index (χ4v) is 3.09. The highest BCUT2D eigenvalue weighted by Crippen LogP contribution is 2.29. The van der Waals surface area contributed by atoms with E-state index in [9.17, 15) is 4.79 Å². The van der Waals surface area contributed by atoms with Gasteiger partial charge in [-0.25, -0.2) is 4.79 Å². The molecule has 0 spiro atoms. The lowest BCUT2D eigenvalue weighted by Gasteiger charge is -2.09. The summed E-state index contributed by atoms with van der Waals surface area (Å²) in [4.78, 5) is 12.9. The van der Waals surface area contributed by atoms with E-state index in [1.165, 1.54) is 18.4 Å². The molecule has 0 aliphatic rings. The minimum absolute atomic E-state index is 0.367. The maximum absolute atomic E-state index is 11.8. The van der Waals surface area contributed by atoms with E-state index < -0.39 is 0 Å². The molecule has 0 radical (unpaired) electrons. The molecular weight excluding hydrogens is 320 g/mol. The van der Waals surface area contributed by atoms with Crippen molar-refractivity contribution in [3.8, 4) is 0 Å². The molecule has 22 heavy (non-hydrogen) atoms. The summed E-state index contributed by atoms with van der Waals surface area (Å²) in [5.74, 6) is -0.367. The Kier molecular flexibility index (Phi) is 5.51. The molecule has 2 aromatic rings. The molecule has 2 N–H and O–H groups in total. The van der Waals surface area contributed by atoms with Crippen LogP contribution in [0.3, 0.4) is 0 Å². The van der Waals surface area contributed by atoms with Gasteiger partial charge in [0.2, 0.25) is 0 Å². The number of carbonyl (C=O) groups is 1. The Hall–Kier alpha value is -1.93. The third kappa shape index (κ3) is 4.05. The van der Waals surface area contributed by atoms with Gasteiger partial charge in [0.05, 0.1) is 18.9 Å². The van der Waals surface area contributed by atoms with Crippen LogP contribution in [0.2, 0.25) is 0 Å². The zero-order chi connectivity index (χ0) is 16.1. The van der Waals surface area contributed by atoms with E-state index >= 15 is 0 Å². The summed E-state index contributed by atoms with van der Waals surface area (Å²) < 4.78 is 6.53. The Balaban J connectivity index is 2.01. The SMILES string of the molecule is CCc1cc(C(=O)OC)c(NC(=S)NCc2cnn(C)c2)s1. The lowest BCUT2D eigenvalue weighted by molar-refractivity contribution is 0.0602. The average molecular weight is 338 g/mol. The molecule has 2 aromatic heterocycles. The number of aryl methyl sites for hydroxylation is 2. The van der Waals surface area contributed by atoms with E-state index in [1.54, 1.807) is 10.9 Å². The zero-order valence-corrected chi connectivity index (χ0v) is 14.3. The van der Waals surface area contributed by atoms with Crippen LogP contribution in [0.15, 0.2) is 18.5 Å². The summed E-state index contributed by atoms with van der Waals surface area (Å²) in [5.41, 5.74) is 1.54. The Morgan fingerprint density at radius 1 is 1.55 bits per heavy atom. The summed E-state index contributed by atoms with van der Waals surface area (Å²) in [6.07, 6.45) is 4.54. The molecule has 0 amide bonds. The number of nitrogens with one attached hydrogen (secondary N) is 2. The van der Waals surface area contributed by atoms with Crippen molar-refractivity contribution in [3.05, 3.63) is 34.5 Å². The van der Waals surface area contributed by atoms with Gasteiger partial charge in [-0.3, -0.25) is 4.68 Å². The first kappa shape index (κ1) is 16.4. The molecule has 0 bridgehead atoms. The molecule has 8 heteroatoms. The molecule has 0 saturated heterocycles. The first-order valence-corrected chi connectivity index (χ1v) is 7.99. The van der Waals surface area contributed by atoms with Crippen molar-refractivity contribution in [2.75, 3.05) is 12.4 Å². The molecule has 0 fully saturated rings. The van der Waals surface area contributed by atoms with Crippen molar-refractivity contribution in [3.63, 3.8) is 0 Å². The van der Waals surface area contributed by atoms with Crippen LogP contribution in [-0.2, 0) is 24.8 Å². The summed E-state index contributed by atoms with van der Waals surface area (Å²) in [7, 11) is 3.23. The number of thiophene rings is 1. The number of hydrogen-bond donors (Lipinski definition) is 2. The number of rotatable bonds is 5. The van der Waals surface area contributed by atoms with E-state index in [0.717, 1.165) is 16.9 Å². The molecule has 2 rings (SSSR count). The van der Waals surface area contributed by atoms with Gasteiger partial charge in [-0.1, -0.05) is 6.92 Å². The number of esters is 1. The highest BCUT2D eigenvalue weighted by Gasteiger charge is 2.17. The second-order valence-electron chi connectivity index (χ2n) is 4.63. The first-order chi connectivity index (χ1) is 10.5. The molecule has 2 heterocycles. The number of anilines is 1. The summed E-state index contributed by atoms with van der Waals surface area (Å²) in [6, 6.07) is 1.84.